The molecule has 10 atom stereocenters. The Morgan fingerprint density at radius 1 is 0.895 bits per heavy atom. The first-order valence-electron chi connectivity index (χ1n) is 17.6. The summed E-state index contributed by atoms with van der Waals surface area (Å²) in [6.07, 6.45) is -7.83. The van der Waals surface area contributed by atoms with Gasteiger partial charge in [-0.1, -0.05) is 30.3 Å². The minimum absolute atomic E-state index is 0.0183. The Labute approximate surface area is 330 Å². The number of hydrogen-bond acceptors (Lipinski definition) is 15. The fourth-order valence-electron chi connectivity index (χ4n) is 5.16. The monoisotopic (exact) mass is 830 g/mol. The molecule has 2 rings (SSSR count). The van der Waals surface area contributed by atoms with E-state index in [9.17, 15) is 53.7 Å². The molecule has 0 spiro atoms. The summed E-state index contributed by atoms with van der Waals surface area (Å²) < 4.78 is 17.5. The molecule has 1 saturated heterocycles. The van der Waals surface area contributed by atoms with E-state index < -0.39 is 134 Å². The van der Waals surface area contributed by atoms with Gasteiger partial charge in [0, 0.05) is 24.9 Å². The summed E-state index contributed by atoms with van der Waals surface area (Å²) in [7, 11) is 0. The van der Waals surface area contributed by atoms with Crippen molar-refractivity contribution in [1.29, 1.82) is 0 Å². The molecule has 1 aliphatic rings. The highest BCUT2D eigenvalue weighted by molar-refractivity contribution is 7.99. The molecule has 1 fully saturated rings. The predicted octanol–water partition coefficient (Wildman–Crippen LogP) is -3.76. The van der Waals surface area contributed by atoms with Gasteiger partial charge in [0.25, 0.3) is 0 Å². The van der Waals surface area contributed by atoms with Gasteiger partial charge in [-0.25, -0.2) is 4.79 Å². The zero-order valence-corrected chi connectivity index (χ0v) is 32.1. The van der Waals surface area contributed by atoms with Gasteiger partial charge in [0.2, 0.25) is 29.5 Å². The SMILES string of the molecule is CC(=O)N[C@H]1[C@@H](OCc2ccccc2)O[C@H](CO)[C@@H](O)[C@@H]1O[C@H](C)C(=O)N[C@@H](C)C(=O)N[C@H](CCC(=O)N[C@H](CSC[C@H](N)C(=O)O)C(=O)NCC(=O)O)C(=O)O. The largest absolute Gasteiger partial charge is 0.480 e. The number of carboxylic acid groups (broad SMARTS) is 3. The van der Waals surface area contributed by atoms with E-state index in [1.165, 1.54) is 20.8 Å². The number of amides is 5. The fourth-order valence-corrected chi connectivity index (χ4v) is 6.16. The molecule has 0 aromatic heterocycles. The average molecular weight is 831 g/mol. The molecule has 23 heteroatoms. The highest BCUT2D eigenvalue weighted by atomic mass is 32.2. The van der Waals surface area contributed by atoms with Gasteiger partial charge in [0.1, 0.15) is 61.2 Å². The van der Waals surface area contributed by atoms with Crippen LogP contribution in [0.3, 0.4) is 0 Å². The standard InChI is InChI=1S/C34H50N6O16S/c1-16(29(47)40-21(33(52)53)9-10-24(43)39-22(31(49)36-11-25(44)45)15-57-14-20(35)32(50)51)37-30(48)17(2)55-28-26(38-18(3)42)34(56-23(12-41)27(28)46)54-13-19-7-5-4-6-8-19/h4-8,16-17,20-23,26-28,34,41,46H,9-15,35H2,1-3H3,(H,36,49)(H,37,48)(H,38,42)(H,39,43)(H,40,47)(H,44,45)(H,50,51)(H,52,53)/t16-,17+,20-,21+,22+,23+,26+,27+,28+,34-/m0/s1. The number of ether oxygens (including phenoxy) is 3. The van der Waals surface area contributed by atoms with Gasteiger partial charge < -0.3 is 72.1 Å². The lowest BCUT2D eigenvalue weighted by molar-refractivity contribution is -0.283. The van der Waals surface area contributed by atoms with Crippen LogP contribution in [-0.4, -0.2) is 159 Å². The molecule has 22 nitrogen and oxygen atoms in total. The second-order valence-electron chi connectivity index (χ2n) is 12.9. The number of carbonyl (C=O) groups is 8. The zero-order valence-electron chi connectivity index (χ0n) is 31.3. The average Bonchev–Trinajstić information content (AvgIpc) is 3.15. The molecule has 318 valence electrons. The van der Waals surface area contributed by atoms with Crippen LogP contribution in [0.2, 0.25) is 0 Å². The predicted molar refractivity (Wildman–Crippen MR) is 197 cm³/mol. The van der Waals surface area contributed by atoms with E-state index in [4.69, 9.17) is 30.2 Å². The number of aliphatic carboxylic acids is 3. The summed E-state index contributed by atoms with van der Waals surface area (Å²) in [6.45, 7) is 2.29. The lowest BCUT2D eigenvalue weighted by Gasteiger charge is -2.44. The topological polar surface area (TPSA) is 352 Å². The molecule has 1 aromatic carbocycles. The van der Waals surface area contributed by atoms with Crippen molar-refractivity contribution in [1.82, 2.24) is 26.6 Å². The van der Waals surface area contributed by atoms with Gasteiger partial charge >= 0.3 is 17.9 Å². The van der Waals surface area contributed by atoms with Gasteiger partial charge in [0.05, 0.1) is 13.2 Å². The number of thioether (sulfide) groups is 1. The maximum Gasteiger partial charge on any atom is 0.326 e. The molecule has 0 radical (unpaired) electrons. The van der Waals surface area contributed by atoms with Crippen molar-refractivity contribution in [2.75, 3.05) is 24.7 Å². The number of nitrogens with two attached hydrogens (primary N) is 1. The van der Waals surface area contributed by atoms with Crippen LogP contribution in [0.15, 0.2) is 30.3 Å². The zero-order chi connectivity index (χ0) is 42.8. The Kier molecular flexibility index (Phi) is 20.3. The van der Waals surface area contributed by atoms with E-state index in [2.05, 4.69) is 26.6 Å². The number of nitrogens with one attached hydrogen (secondary N) is 5. The van der Waals surface area contributed by atoms with E-state index in [1.807, 2.05) is 0 Å². The first kappa shape index (κ1) is 48.2. The number of carbonyl (C=O) groups excluding carboxylic acids is 5. The summed E-state index contributed by atoms with van der Waals surface area (Å²) in [5.74, 6) is -8.75. The molecule has 1 aliphatic heterocycles. The fraction of sp³-hybridized carbons (Fsp3) is 0.588. The van der Waals surface area contributed by atoms with E-state index in [0.29, 0.717) is 0 Å². The number of aliphatic hydroxyl groups is 2. The molecule has 12 N–H and O–H groups in total. The van der Waals surface area contributed by atoms with E-state index in [1.54, 1.807) is 30.3 Å². The smallest absolute Gasteiger partial charge is 0.326 e. The Morgan fingerprint density at radius 2 is 1.56 bits per heavy atom. The molecule has 1 heterocycles. The second-order valence-corrected chi connectivity index (χ2v) is 13.9. The maximum atomic E-state index is 13.2. The van der Waals surface area contributed by atoms with Crippen LogP contribution in [0.5, 0.6) is 0 Å². The summed E-state index contributed by atoms with van der Waals surface area (Å²) in [5.41, 5.74) is 6.20. The van der Waals surface area contributed by atoms with Gasteiger partial charge in [-0.2, -0.15) is 11.8 Å². The van der Waals surface area contributed by atoms with Crippen molar-refractivity contribution < 1.29 is 78.1 Å². The van der Waals surface area contributed by atoms with Crippen molar-refractivity contribution in [2.24, 2.45) is 5.73 Å². The molecule has 5 amide bonds. The quantitative estimate of drug-likeness (QED) is 0.0477. The lowest BCUT2D eigenvalue weighted by Crippen LogP contribution is -2.66. The van der Waals surface area contributed by atoms with Gasteiger partial charge in [-0.3, -0.25) is 33.6 Å². The Morgan fingerprint density at radius 3 is 2.14 bits per heavy atom. The van der Waals surface area contributed by atoms with Crippen molar-refractivity contribution >= 4 is 59.2 Å². The van der Waals surface area contributed by atoms with Crippen molar-refractivity contribution in [3.8, 4) is 0 Å². The molecule has 0 aliphatic carbocycles. The first-order chi connectivity index (χ1) is 26.8. The second kappa shape index (κ2) is 24.0. The third-order valence-corrected chi connectivity index (χ3v) is 9.37. The lowest BCUT2D eigenvalue weighted by atomic mass is 9.96. The maximum absolute atomic E-state index is 13.2. The van der Waals surface area contributed by atoms with Crippen molar-refractivity contribution in [2.45, 2.75) is 101 Å². The number of carboxylic acids is 3. The Hall–Kier alpha value is -4.91. The summed E-state index contributed by atoms with van der Waals surface area (Å²) in [4.78, 5) is 97.3. The van der Waals surface area contributed by atoms with E-state index in [0.717, 1.165) is 17.3 Å². The number of hydrogen-bond donors (Lipinski definition) is 11. The van der Waals surface area contributed by atoms with Gasteiger partial charge in [-0.05, 0) is 25.8 Å². The summed E-state index contributed by atoms with van der Waals surface area (Å²) in [5, 5.41) is 60.0. The molecule has 1 aromatic rings. The number of benzene rings is 1. The molecule has 0 saturated carbocycles. The minimum Gasteiger partial charge on any atom is -0.480 e. The molecule has 0 unspecified atom stereocenters. The normalized spacial score (nSPS) is 21.7. The third kappa shape index (κ3) is 16.6. The molecule has 0 bridgehead atoms. The molecular weight excluding hydrogens is 780 g/mol. The van der Waals surface area contributed by atoms with Crippen molar-refractivity contribution in [3.63, 3.8) is 0 Å². The summed E-state index contributed by atoms with van der Waals surface area (Å²) in [6, 6.07) is 2.10. The molecule has 57 heavy (non-hydrogen) atoms. The van der Waals surface area contributed by atoms with E-state index in [-0.39, 0.29) is 18.1 Å². The highest BCUT2D eigenvalue weighted by Gasteiger charge is 2.48. The van der Waals surface area contributed by atoms with Crippen LogP contribution in [0.1, 0.15) is 39.2 Å². The Balaban J connectivity index is 2.03. The van der Waals surface area contributed by atoms with E-state index >= 15 is 0 Å². The van der Waals surface area contributed by atoms with Gasteiger partial charge in [-0.15, -0.1) is 0 Å². The number of aliphatic hydroxyl groups excluding tert-OH is 2. The number of rotatable bonds is 24. The van der Waals surface area contributed by atoms with Crippen molar-refractivity contribution in [3.05, 3.63) is 35.9 Å². The first-order valence-corrected chi connectivity index (χ1v) is 18.7. The molecular formula is C34H50N6O16S. The highest BCUT2D eigenvalue weighted by Crippen LogP contribution is 2.26. The van der Waals surface area contributed by atoms with Crippen LogP contribution < -0.4 is 32.3 Å². The minimum atomic E-state index is -1.66. The Bertz CT molecular complexity index is 1560. The third-order valence-electron chi connectivity index (χ3n) is 8.20. The van der Waals surface area contributed by atoms with Crippen LogP contribution in [0.4, 0.5) is 0 Å². The summed E-state index contributed by atoms with van der Waals surface area (Å²) >= 11 is 0.890. The van der Waals surface area contributed by atoms with Crippen LogP contribution in [0.25, 0.3) is 0 Å². The van der Waals surface area contributed by atoms with Crippen LogP contribution >= 0.6 is 11.8 Å². The van der Waals surface area contributed by atoms with Crippen LogP contribution in [0, 0.1) is 0 Å². The van der Waals surface area contributed by atoms with Crippen LogP contribution in [-0.2, 0) is 59.2 Å². The van der Waals surface area contributed by atoms with Gasteiger partial charge in [0.15, 0.2) is 6.29 Å².